The van der Waals surface area contributed by atoms with Crippen molar-refractivity contribution in [1.29, 1.82) is 0 Å². The quantitative estimate of drug-likeness (QED) is 0.846. The Balaban J connectivity index is 1.71. The van der Waals surface area contributed by atoms with Crippen molar-refractivity contribution in [3.8, 4) is 0 Å². The van der Waals surface area contributed by atoms with Gasteiger partial charge in [-0.05, 0) is 29.3 Å². The number of aromatic carboxylic acids is 1. The van der Waals surface area contributed by atoms with Crippen LogP contribution in [0.2, 0.25) is 0 Å². The van der Waals surface area contributed by atoms with Crippen LogP contribution >= 0.6 is 11.8 Å². The Morgan fingerprint density at radius 1 is 1.50 bits per heavy atom. The van der Waals surface area contributed by atoms with Gasteiger partial charge >= 0.3 is 5.97 Å². The number of carbonyl (C=O) groups is 1. The third kappa shape index (κ3) is 2.55. The highest BCUT2D eigenvalue weighted by Gasteiger charge is 2.22. The van der Waals surface area contributed by atoms with Crippen LogP contribution < -0.4 is 0 Å². The van der Waals surface area contributed by atoms with Crippen LogP contribution in [-0.2, 0) is 5.75 Å². The lowest BCUT2D eigenvalue weighted by molar-refractivity contribution is 0.0661. The summed E-state index contributed by atoms with van der Waals surface area (Å²) >= 11 is 1.43. The Kier molecular flexibility index (Phi) is 3.72. The first kappa shape index (κ1) is 13.2. The zero-order chi connectivity index (χ0) is 13.9. The van der Waals surface area contributed by atoms with Crippen molar-refractivity contribution in [3.63, 3.8) is 0 Å². The molecule has 0 radical (unpaired) electrons. The van der Waals surface area contributed by atoms with Crippen molar-refractivity contribution >= 4 is 17.7 Å². The Morgan fingerprint density at radius 3 is 3.05 bits per heavy atom. The molecular formula is C12H14N4O3S. The molecule has 20 heavy (non-hydrogen) atoms. The van der Waals surface area contributed by atoms with Crippen LogP contribution in [0.3, 0.4) is 0 Å². The minimum atomic E-state index is -1.05. The summed E-state index contributed by atoms with van der Waals surface area (Å²) in [6, 6.07) is 2.04. The smallest absolute Gasteiger partial charge is 0.372 e. The Morgan fingerprint density at radius 2 is 2.30 bits per heavy atom. The number of hydrogen-bond donors (Lipinski definition) is 1. The molecule has 0 bridgehead atoms. The second-order valence-corrected chi connectivity index (χ2v) is 5.66. The molecule has 0 atom stereocenters. The van der Waals surface area contributed by atoms with Crippen LogP contribution in [0.15, 0.2) is 21.9 Å². The summed E-state index contributed by atoms with van der Waals surface area (Å²) in [5.74, 6) is -0.594. The molecule has 0 spiro atoms. The summed E-state index contributed by atoms with van der Waals surface area (Å²) in [6.07, 6.45) is 6.01. The van der Waals surface area contributed by atoms with Crippen molar-refractivity contribution < 1.29 is 14.3 Å². The molecule has 1 aliphatic carbocycles. The number of carboxylic acids is 1. The third-order valence-electron chi connectivity index (χ3n) is 3.43. The molecule has 1 saturated carbocycles. The molecule has 1 aliphatic rings. The van der Waals surface area contributed by atoms with Crippen molar-refractivity contribution in [2.75, 3.05) is 0 Å². The first-order valence-electron chi connectivity index (χ1n) is 6.46. The lowest BCUT2D eigenvalue weighted by Gasteiger charge is -2.10. The molecule has 0 amide bonds. The van der Waals surface area contributed by atoms with Gasteiger partial charge in [-0.25, -0.2) is 9.48 Å². The van der Waals surface area contributed by atoms with Crippen molar-refractivity contribution in [2.45, 2.75) is 42.6 Å². The first-order chi connectivity index (χ1) is 9.75. The van der Waals surface area contributed by atoms with Crippen LogP contribution in [0.5, 0.6) is 0 Å². The molecule has 0 aliphatic heterocycles. The zero-order valence-corrected chi connectivity index (χ0v) is 11.5. The molecule has 106 valence electrons. The van der Waals surface area contributed by atoms with Gasteiger partial charge in [-0.1, -0.05) is 24.6 Å². The van der Waals surface area contributed by atoms with E-state index in [1.54, 1.807) is 6.07 Å². The molecule has 2 aromatic rings. The van der Waals surface area contributed by atoms with E-state index in [0.29, 0.717) is 17.4 Å². The van der Waals surface area contributed by atoms with Gasteiger partial charge in [0, 0.05) is 11.3 Å². The lowest BCUT2D eigenvalue weighted by Crippen LogP contribution is -2.08. The number of thioether (sulfide) groups is 1. The Bertz CT molecular complexity index is 603. The van der Waals surface area contributed by atoms with Crippen LogP contribution in [0.25, 0.3) is 0 Å². The van der Waals surface area contributed by atoms with Gasteiger partial charge < -0.3 is 9.52 Å². The fraction of sp³-hybridized carbons (Fsp3) is 0.500. The van der Waals surface area contributed by atoms with E-state index < -0.39 is 5.97 Å². The molecule has 0 saturated heterocycles. The van der Waals surface area contributed by atoms with Gasteiger partial charge in [0.05, 0.1) is 12.3 Å². The van der Waals surface area contributed by atoms with E-state index in [2.05, 4.69) is 15.5 Å². The van der Waals surface area contributed by atoms with E-state index in [1.807, 2.05) is 4.68 Å². The van der Waals surface area contributed by atoms with Crippen LogP contribution in [0, 0.1) is 0 Å². The molecule has 0 aromatic carbocycles. The lowest BCUT2D eigenvalue weighted by atomic mass is 10.3. The second kappa shape index (κ2) is 5.66. The normalized spacial score (nSPS) is 15.8. The molecule has 0 unspecified atom stereocenters. The third-order valence-corrected chi connectivity index (χ3v) is 4.41. The van der Waals surface area contributed by atoms with Crippen LogP contribution in [-0.4, -0.2) is 31.3 Å². The largest absolute Gasteiger partial charge is 0.475 e. The topological polar surface area (TPSA) is 94.0 Å². The first-order valence-corrected chi connectivity index (χ1v) is 7.44. The van der Waals surface area contributed by atoms with Gasteiger partial charge in [-0.3, -0.25) is 0 Å². The predicted octanol–water partition coefficient (Wildman–Crippen LogP) is 2.37. The zero-order valence-electron chi connectivity index (χ0n) is 10.7. The summed E-state index contributed by atoms with van der Waals surface area (Å²) < 4.78 is 6.81. The van der Waals surface area contributed by atoms with Gasteiger partial charge in [0.1, 0.15) is 0 Å². The van der Waals surface area contributed by atoms with E-state index in [-0.39, 0.29) is 5.76 Å². The van der Waals surface area contributed by atoms with E-state index in [0.717, 1.165) is 18.0 Å². The number of furan rings is 1. The van der Waals surface area contributed by atoms with E-state index in [1.165, 1.54) is 30.9 Å². The molecule has 8 heteroatoms. The Labute approximate surface area is 119 Å². The molecule has 3 rings (SSSR count). The summed E-state index contributed by atoms with van der Waals surface area (Å²) in [7, 11) is 0. The molecule has 1 N–H and O–H groups in total. The predicted molar refractivity (Wildman–Crippen MR) is 70.6 cm³/mol. The highest BCUT2D eigenvalue weighted by molar-refractivity contribution is 7.98. The van der Waals surface area contributed by atoms with Gasteiger partial charge in [0.15, 0.2) is 0 Å². The maximum Gasteiger partial charge on any atom is 0.372 e. The highest BCUT2D eigenvalue weighted by atomic mass is 32.2. The fourth-order valence-corrected chi connectivity index (χ4v) is 3.36. The standard InChI is InChI=1S/C12H14N4O3S/c17-11(18)10-8(5-6-19-10)7-20-12-13-14-15-16(12)9-3-1-2-4-9/h5-6,9H,1-4,7H2,(H,17,18). The Hall–Kier alpha value is -1.83. The minimum Gasteiger partial charge on any atom is -0.475 e. The van der Waals surface area contributed by atoms with Gasteiger partial charge in [0.25, 0.3) is 0 Å². The summed E-state index contributed by atoms with van der Waals surface area (Å²) in [5, 5.41) is 21.5. The molecule has 7 nitrogen and oxygen atoms in total. The maximum absolute atomic E-state index is 11.0. The molecule has 2 heterocycles. The molecule has 1 fully saturated rings. The van der Waals surface area contributed by atoms with E-state index in [9.17, 15) is 4.79 Å². The van der Waals surface area contributed by atoms with E-state index >= 15 is 0 Å². The molecule has 2 aromatic heterocycles. The maximum atomic E-state index is 11.0. The van der Waals surface area contributed by atoms with E-state index in [4.69, 9.17) is 9.52 Å². The van der Waals surface area contributed by atoms with Gasteiger partial charge in [-0.15, -0.1) is 5.10 Å². The number of nitrogens with zero attached hydrogens (tertiary/aromatic N) is 4. The second-order valence-electron chi connectivity index (χ2n) is 4.71. The average Bonchev–Trinajstić information content (AvgIpc) is 3.16. The monoisotopic (exact) mass is 294 g/mol. The SMILES string of the molecule is O=C(O)c1occc1CSc1nnnn1C1CCCC1. The number of tetrazole rings is 1. The molecular weight excluding hydrogens is 280 g/mol. The summed E-state index contributed by atoms with van der Waals surface area (Å²) in [5.41, 5.74) is 0.642. The highest BCUT2D eigenvalue weighted by Crippen LogP contribution is 2.32. The summed E-state index contributed by atoms with van der Waals surface area (Å²) in [6.45, 7) is 0. The number of hydrogen-bond acceptors (Lipinski definition) is 6. The minimum absolute atomic E-state index is 0.0163. The number of rotatable bonds is 5. The van der Waals surface area contributed by atoms with Gasteiger partial charge in [0.2, 0.25) is 10.9 Å². The summed E-state index contributed by atoms with van der Waals surface area (Å²) in [4.78, 5) is 11.0. The average molecular weight is 294 g/mol. The van der Waals surface area contributed by atoms with Crippen LogP contribution in [0.4, 0.5) is 0 Å². The fourth-order valence-electron chi connectivity index (χ4n) is 2.44. The number of carboxylic acid groups (broad SMARTS) is 1. The number of aromatic nitrogens is 4. The van der Waals surface area contributed by atoms with Crippen molar-refractivity contribution in [3.05, 3.63) is 23.7 Å². The van der Waals surface area contributed by atoms with Crippen molar-refractivity contribution in [2.24, 2.45) is 0 Å². The van der Waals surface area contributed by atoms with Gasteiger partial charge in [-0.2, -0.15) is 0 Å². The van der Waals surface area contributed by atoms with Crippen molar-refractivity contribution in [1.82, 2.24) is 20.2 Å². The van der Waals surface area contributed by atoms with Crippen LogP contribution in [0.1, 0.15) is 47.8 Å².